The maximum atomic E-state index is 2.42. The van der Waals surface area contributed by atoms with Crippen LogP contribution in [0.15, 0.2) is 11.1 Å². The zero-order valence-corrected chi connectivity index (χ0v) is 10.8. The molecule has 0 heterocycles. The van der Waals surface area contributed by atoms with Crippen molar-refractivity contribution in [2.24, 2.45) is 17.3 Å². The van der Waals surface area contributed by atoms with Crippen molar-refractivity contribution in [2.45, 2.75) is 60.8 Å². The van der Waals surface area contributed by atoms with E-state index >= 15 is 0 Å². The van der Waals surface area contributed by atoms with E-state index in [4.69, 9.17) is 0 Å². The summed E-state index contributed by atoms with van der Waals surface area (Å²) in [6.07, 6.45) is 3.93. The minimum Gasteiger partial charge on any atom is -0.0645 e. The molecule has 0 amide bonds. The molecule has 0 saturated heterocycles. The van der Waals surface area contributed by atoms with Crippen molar-refractivity contribution in [3.63, 3.8) is 0 Å². The predicted molar refractivity (Wildman–Crippen MR) is 64.3 cm³/mol. The van der Waals surface area contributed by atoms with E-state index in [-0.39, 0.29) is 0 Å². The van der Waals surface area contributed by atoms with Crippen LogP contribution in [0.1, 0.15) is 60.8 Å². The number of allylic oxidation sites excluding steroid dienone is 2. The summed E-state index contributed by atoms with van der Waals surface area (Å²) in [6.45, 7) is 14.1. The van der Waals surface area contributed by atoms with E-state index in [0.717, 1.165) is 11.8 Å². The van der Waals surface area contributed by atoms with Crippen LogP contribution in [0.4, 0.5) is 0 Å². The molecule has 0 spiro atoms. The third-order valence-corrected chi connectivity index (χ3v) is 3.47. The largest absolute Gasteiger partial charge is 0.0645 e. The fourth-order valence-electron chi connectivity index (χ4n) is 3.24. The molecule has 0 N–H and O–H groups in total. The Kier molecular flexibility index (Phi) is 3.44. The van der Waals surface area contributed by atoms with Crippen LogP contribution >= 0.6 is 0 Å². The number of hydrogen-bond acceptors (Lipinski definition) is 0. The van der Waals surface area contributed by atoms with E-state index in [1.807, 2.05) is 0 Å². The standard InChI is InChI=1S/C14H26/c1-7-11-12(8-2)13(11)14(5,6)9-10(3)4/h10-11H,7-9H2,1-6H3. The van der Waals surface area contributed by atoms with Gasteiger partial charge in [0.05, 0.1) is 0 Å². The lowest BCUT2D eigenvalue weighted by Crippen LogP contribution is -2.14. The van der Waals surface area contributed by atoms with Crippen LogP contribution in [-0.4, -0.2) is 0 Å². The SMILES string of the molecule is CCC1=C(C(C)(C)CC(C)C)C1CC. The smallest absolute Gasteiger partial charge is 0.00156 e. The van der Waals surface area contributed by atoms with Crippen molar-refractivity contribution in [3.8, 4) is 0 Å². The summed E-state index contributed by atoms with van der Waals surface area (Å²) < 4.78 is 0. The lowest BCUT2D eigenvalue weighted by atomic mass is 9.80. The van der Waals surface area contributed by atoms with Gasteiger partial charge in [-0.25, -0.2) is 0 Å². The molecule has 0 aliphatic heterocycles. The summed E-state index contributed by atoms with van der Waals surface area (Å²) in [5.41, 5.74) is 4.01. The van der Waals surface area contributed by atoms with Gasteiger partial charge in [0.2, 0.25) is 0 Å². The van der Waals surface area contributed by atoms with Gasteiger partial charge in [-0.05, 0) is 30.6 Å². The Morgan fingerprint density at radius 2 is 1.79 bits per heavy atom. The Balaban J connectivity index is 2.69. The summed E-state index contributed by atoms with van der Waals surface area (Å²) in [7, 11) is 0. The van der Waals surface area contributed by atoms with E-state index in [2.05, 4.69) is 41.5 Å². The van der Waals surface area contributed by atoms with Gasteiger partial charge in [0.25, 0.3) is 0 Å². The average molecular weight is 194 g/mol. The second-order valence-electron chi connectivity index (χ2n) is 5.74. The highest BCUT2D eigenvalue weighted by Crippen LogP contribution is 2.55. The van der Waals surface area contributed by atoms with Crippen LogP contribution in [0.2, 0.25) is 0 Å². The van der Waals surface area contributed by atoms with Gasteiger partial charge in [0.1, 0.15) is 0 Å². The lowest BCUT2D eigenvalue weighted by molar-refractivity contribution is 0.343. The first-order valence-electron chi connectivity index (χ1n) is 6.17. The van der Waals surface area contributed by atoms with Crippen molar-refractivity contribution >= 4 is 0 Å². The van der Waals surface area contributed by atoms with Crippen LogP contribution in [0, 0.1) is 17.3 Å². The van der Waals surface area contributed by atoms with Gasteiger partial charge in [0.15, 0.2) is 0 Å². The van der Waals surface area contributed by atoms with Gasteiger partial charge >= 0.3 is 0 Å². The third-order valence-electron chi connectivity index (χ3n) is 3.47. The van der Waals surface area contributed by atoms with Gasteiger partial charge in [-0.1, -0.05) is 52.7 Å². The summed E-state index contributed by atoms with van der Waals surface area (Å²) in [5, 5.41) is 0. The van der Waals surface area contributed by atoms with Crippen LogP contribution in [0.25, 0.3) is 0 Å². The molecule has 0 bridgehead atoms. The molecule has 1 atom stereocenters. The summed E-state index contributed by atoms with van der Waals surface area (Å²) in [6, 6.07) is 0. The summed E-state index contributed by atoms with van der Waals surface area (Å²) in [4.78, 5) is 0. The summed E-state index contributed by atoms with van der Waals surface area (Å²) in [5.74, 6) is 1.68. The number of hydrogen-bond donors (Lipinski definition) is 0. The van der Waals surface area contributed by atoms with Crippen LogP contribution in [0.5, 0.6) is 0 Å². The van der Waals surface area contributed by atoms with Crippen molar-refractivity contribution < 1.29 is 0 Å². The molecule has 0 radical (unpaired) electrons. The minimum atomic E-state index is 0.459. The molecule has 0 aromatic rings. The first kappa shape index (κ1) is 11.8. The molecule has 1 aliphatic carbocycles. The van der Waals surface area contributed by atoms with E-state index in [1.54, 1.807) is 11.1 Å². The second-order valence-corrected chi connectivity index (χ2v) is 5.74. The Hall–Kier alpha value is -0.260. The molecular weight excluding hydrogens is 168 g/mol. The van der Waals surface area contributed by atoms with Crippen molar-refractivity contribution in [1.29, 1.82) is 0 Å². The van der Waals surface area contributed by atoms with Crippen molar-refractivity contribution in [2.75, 3.05) is 0 Å². The zero-order chi connectivity index (χ0) is 10.9. The fraction of sp³-hybridized carbons (Fsp3) is 0.857. The van der Waals surface area contributed by atoms with E-state index in [1.165, 1.54) is 19.3 Å². The van der Waals surface area contributed by atoms with E-state index in [0.29, 0.717) is 5.41 Å². The second kappa shape index (κ2) is 4.08. The highest BCUT2D eigenvalue weighted by molar-refractivity contribution is 5.44. The Labute approximate surface area is 89.8 Å². The van der Waals surface area contributed by atoms with Crippen molar-refractivity contribution in [1.82, 2.24) is 0 Å². The van der Waals surface area contributed by atoms with Crippen LogP contribution in [-0.2, 0) is 0 Å². The highest BCUT2D eigenvalue weighted by atomic mass is 14.5. The van der Waals surface area contributed by atoms with Gasteiger partial charge < -0.3 is 0 Å². The maximum Gasteiger partial charge on any atom is 0.00156 e. The molecular formula is C14H26. The molecule has 0 aromatic heterocycles. The normalized spacial score (nSPS) is 22.1. The fourth-order valence-corrected chi connectivity index (χ4v) is 3.24. The molecule has 0 heteroatoms. The van der Waals surface area contributed by atoms with Gasteiger partial charge in [-0.2, -0.15) is 0 Å². The topological polar surface area (TPSA) is 0 Å². The Morgan fingerprint density at radius 3 is 2.07 bits per heavy atom. The first-order chi connectivity index (χ1) is 6.44. The van der Waals surface area contributed by atoms with Crippen LogP contribution in [0.3, 0.4) is 0 Å². The van der Waals surface area contributed by atoms with Crippen LogP contribution < -0.4 is 0 Å². The predicted octanol–water partition coefficient (Wildman–Crippen LogP) is 4.81. The molecule has 0 nitrogen and oxygen atoms in total. The van der Waals surface area contributed by atoms with E-state index < -0.39 is 0 Å². The maximum absolute atomic E-state index is 2.42. The molecule has 0 aromatic carbocycles. The van der Waals surface area contributed by atoms with E-state index in [9.17, 15) is 0 Å². The number of rotatable bonds is 5. The molecule has 1 unspecified atom stereocenters. The zero-order valence-electron chi connectivity index (χ0n) is 10.8. The highest BCUT2D eigenvalue weighted by Gasteiger charge is 2.42. The monoisotopic (exact) mass is 194 g/mol. The minimum absolute atomic E-state index is 0.459. The van der Waals surface area contributed by atoms with Gasteiger partial charge in [-0.15, -0.1) is 0 Å². The quantitative estimate of drug-likeness (QED) is 0.551. The molecule has 0 saturated carbocycles. The first-order valence-corrected chi connectivity index (χ1v) is 6.17. The average Bonchev–Trinajstić information content (AvgIpc) is 2.75. The lowest BCUT2D eigenvalue weighted by Gasteiger charge is -2.25. The van der Waals surface area contributed by atoms with Crippen molar-refractivity contribution in [3.05, 3.63) is 11.1 Å². The van der Waals surface area contributed by atoms with Gasteiger partial charge in [-0.3, -0.25) is 0 Å². The third kappa shape index (κ3) is 2.21. The summed E-state index contributed by atoms with van der Waals surface area (Å²) >= 11 is 0. The molecule has 1 rings (SSSR count). The molecule has 1 aliphatic rings. The molecule has 0 fully saturated rings. The Morgan fingerprint density at radius 1 is 1.21 bits per heavy atom. The molecule has 82 valence electrons. The molecule has 14 heavy (non-hydrogen) atoms. The van der Waals surface area contributed by atoms with Gasteiger partial charge in [0, 0.05) is 5.92 Å². The Bertz CT molecular complexity index is 230.